The van der Waals surface area contributed by atoms with Gasteiger partial charge in [-0.15, -0.1) is 0 Å². The van der Waals surface area contributed by atoms with Crippen molar-refractivity contribution in [1.29, 1.82) is 0 Å². The van der Waals surface area contributed by atoms with Gasteiger partial charge < -0.3 is 5.73 Å². The molecule has 0 atom stereocenters. The highest BCUT2D eigenvalue weighted by Gasteiger charge is 2.30. The van der Waals surface area contributed by atoms with Crippen LogP contribution in [0.5, 0.6) is 0 Å². The molecule has 3 rings (SSSR count). The molecule has 0 bridgehead atoms. The van der Waals surface area contributed by atoms with Crippen molar-refractivity contribution in [3.05, 3.63) is 41.6 Å². The number of amides is 2. The number of urea groups is 1. The number of nitrogens with two attached hydrogens (primary N) is 1. The minimum absolute atomic E-state index is 0.526. The Morgan fingerprint density at radius 2 is 2.05 bits per heavy atom. The van der Waals surface area contributed by atoms with Crippen LogP contribution in [0.4, 0.5) is 10.6 Å². The van der Waals surface area contributed by atoms with E-state index in [4.69, 9.17) is 5.73 Å². The molecule has 2 amide bonds. The first-order valence-corrected chi connectivity index (χ1v) is 6.38. The van der Waals surface area contributed by atoms with E-state index in [1.54, 1.807) is 4.68 Å². The van der Waals surface area contributed by atoms with Gasteiger partial charge in [0.2, 0.25) is 0 Å². The Kier molecular flexibility index (Phi) is 2.74. The van der Waals surface area contributed by atoms with Crippen molar-refractivity contribution in [3.8, 4) is 5.69 Å². The Balaban J connectivity index is 2.11. The number of primary amides is 1. The number of hydrogen-bond donors (Lipinski definition) is 2. The summed E-state index contributed by atoms with van der Waals surface area (Å²) in [5.41, 5.74) is 8.24. The summed E-state index contributed by atoms with van der Waals surface area (Å²) >= 11 is 0. The molecule has 3 N–H and O–H groups in total. The molecule has 98 valence electrons. The van der Waals surface area contributed by atoms with E-state index < -0.39 is 6.03 Å². The van der Waals surface area contributed by atoms with Crippen molar-refractivity contribution in [3.63, 3.8) is 0 Å². The maximum Gasteiger partial charge on any atom is 0.317 e. The van der Waals surface area contributed by atoms with E-state index in [1.165, 1.54) is 12.8 Å². The quantitative estimate of drug-likeness (QED) is 0.885. The Labute approximate surface area is 111 Å². The van der Waals surface area contributed by atoms with E-state index >= 15 is 0 Å². The number of nitrogens with zero attached hydrogens (tertiary/aromatic N) is 2. The van der Waals surface area contributed by atoms with Crippen LogP contribution in [-0.4, -0.2) is 15.8 Å². The summed E-state index contributed by atoms with van der Waals surface area (Å²) in [5, 5.41) is 7.32. The summed E-state index contributed by atoms with van der Waals surface area (Å²) in [4.78, 5) is 11.2. The zero-order valence-electron chi connectivity index (χ0n) is 10.8. The van der Waals surface area contributed by atoms with E-state index in [2.05, 4.69) is 10.4 Å². The van der Waals surface area contributed by atoms with Gasteiger partial charge in [-0.3, -0.25) is 5.32 Å². The highest BCUT2D eigenvalue weighted by atomic mass is 16.2. The van der Waals surface area contributed by atoms with Crippen molar-refractivity contribution < 1.29 is 4.79 Å². The van der Waals surface area contributed by atoms with Crippen LogP contribution in [0.25, 0.3) is 5.69 Å². The third-order valence-electron chi connectivity index (χ3n) is 3.37. The first kappa shape index (κ1) is 11.8. The number of para-hydroxylation sites is 1. The Hall–Kier alpha value is -2.30. The van der Waals surface area contributed by atoms with Crippen LogP contribution in [-0.2, 0) is 0 Å². The standard InChI is InChI=1S/C14H16N4O/c1-9-12(10-7-8-10)17-18(13(9)16-14(15)19)11-5-3-2-4-6-11/h2-6,10H,7-8H2,1H3,(H3,15,16,19). The Bertz CT molecular complexity index is 614. The maximum absolute atomic E-state index is 11.2. The molecule has 0 unspecified atom stereocenters. The second kappa shape index (κ2) is 4.42. The molecular weight excluding hydrogens is 240 g/mol. The minimum Gasteiger partial charge on any atom is -0.351 e. The van der Waals surface area contributed by atoms with Gasteiger partial charge in [-0.25, -0.2) is 9.48 Å². The van der Waals surface area contributed by atoms with Crippen molar-refractivity contribution in [2.24, 2.45) is 5.73 Å². The van der Waals surface area contributed by atoms with Crippen LogP contribution in [0.2, 0.25) is 0 Å². The van der Waals surface area contributed by atoms with Crippen molar-refractivity contribution in [2.45, 2.75) is 25.7 Å². The predicted octanol–water partition coefficient (Wildman–Crippen LogP) is 2.55. The van der Waals surface area contributed by atoms with Gasteiger partial charge in [0.15, 0.2) is 0 Å². The Morgan fingerprint density at radius 1 is 1.37 bits per heavy atom. The van der Waals surface area contributed by atoms with Crippen LogP contribution in [0.15, 0.2) is 30.3 Å². The summed E-state index contributed by atoms with van der Waals surface area (Å²) in [6, 6.07) is 9.17. The molecule has 1 heterocycles. The summed E-state index contributed by atoms with van der Waals surface area (Å²) in [5.74, 6) is 1.19. The van der Waals surface area contributed by atoms with E-state index in [-0.39, 0.29) is 0 Å². The fourth-order valence-corrected chi connectivity index (χ4v) is 2.28. The average Bonchev–Trinajstić information content (AvgIpc) is 3.18. The monoisotopic (exact) mass is 256 g/mol. The third kappa shape index (κ3) is 2.19. The maximum atomic E-state index is 11.2. The lowest BCUT2D eigenvalue weighted by Crippen LogP contribution is -2.21. The normalized spacial score (nSPS) is 14.4. The summed E-state index contributed by atoms with van der Waals surface area (Å²) in [6.07, 6.45) is 2.34. The van der Waals surface area contributed by atoms with Gasteiger partial charge in [-0.2, -0.15) is 5.10 Å². The van der Waals surface area contributed by atoms with Gasteiger partial charge in [0.1, 0.15) is 5.82 Å². The molecule has 0 aliphatic heterocycles. The number of anilines is 1. The zero-order chi connectivity index (χ0) is 13.4. The van der Waals surface area contributed by atoms with Crippen LogP contribution in [0.1, 0.15) is 30.0 Å². The van der Waals surface area contributed by atoms with E-state index in [0.29, 0.717) is 11.7 Å². The van der Waals surface area contributed by atoms with Gasteiger partial charge >= 0.3 is 6.03 Å². The molecule has 0 spiro atoms. The van der Waals surface area contributed by atoms with Crippen molar-refractivity contribution in [2.75, 3.05) is 5.32 Å². The molecule has 1 fully saturated rings. The highest BCUT2D eigenvalue weighted by molar-refractivity contribution is 5.88. The van der Waals surface area contributed by atoms with Crippen LogP contribution < -0.4 is 11.1 Å². The second-order valence-corrected chi connectivity index (χ2v) is 4.87. The first-order valence-electron chi connectivity index (χ1n) is 6.38. The first-order chi connectivity index (χ1) is 9.16. The number of hydrogen-bond acceptors (Lipinski definition) is 2. The molecule has 0 saturated heterocycles. The summed E-state index contributed by atoms with van der Waals surface area (Å²) < 4.78 is 1.76. The molecule has 19 heavy (non-hydrogen) atoms. The number of aromatic nitrogens is 2. The molecular formula is C14H16N4O. The smallest absolute Gasteiger partial charge is 0.317 e. The van der Waals surface area contributed by atoms with E-state index in [0.717, 1.165) is 16.9 Å². The van der Waals surface area contributed by atoms with Gasteiger partial charge in [0.05, 0.1) is 11.4 Å². The lowest BCUT2D eigenvalue weighted by atomic mass is 10.2. The van der Waals surface area contributed by atoms with Crippen molar-refractivity contribution >= 4 is 11.8 Å². The van der Waals surface area contributed by atoms with Crippen LogP contribution in [0, 0.1) is 6.92 Å². The number of rotatable bonds is 3. The third-order valence-corrected chi connectivity index (χ3v) is 3.37. The van der Waals surface area contributed by atoms with E-state index in [1.807, 2.05) is 37.3 Å². The lowest BCUT2D eigenvalue weighted by Gasteiger charge is -2.07. The fourth-order valence-electron chi connectivity index (χ4n) is 2.28. The largest absolute Gasteiger partial charge is 0.351 e. The Morgan fingerprint density at radius 3 is 2.63 bits per heavy atom. The number of nitrogens with one attached hydrogen (secondary N) is 1. The predicted molar refractivity (Wildman–Crippen MR) is 73.5 cm³/mol. The molecule has 2 aromatic rings. The van der Waals surface area contributed by atoms with E-state index in [9.17, 15) is 4.79 Å². The fraction of sp³-hybridized carbons (Fsp3) is 0.286. The highest BCUT2D eigenvalue weighted by Crippen LogP contribution is 2.42. The topological polar surface area (TPSA) is 72.9 Å². The number of carbonyl (C=O) groups excluding carboxylic acids is 1. The zero-order valence-corrected chi connectivity index (χ0v) is 10.8. The van der Waals surface area contributed by atoms with Gasteiger partial charge in [-0.05, 0) is 31.9 Å². The SMILES string of the molecule is Cc1c(C2CC2)nn(-c2ccccc2)c1NC(N)=O. The molecule has 1 aliphatic carbocycles. The molecule has 0 radical (unpaired) electrons. The van der Waals surface area contributed by atoms with Crippen LogP contribution >= 0.6 is 0 Å². The van der Waals surface area contributed by atoms with Crippen LogP contribution in [0.3, 0.4) is 0 Å². The van der Waals surface area contributed by atoms with Gasteiger partial charge in [-0.1, -0.05) is 18.2 Å². The summed E-state index contributed by atoms with van der Waals surface area (Å²) in [7, 11) is 0. The average molecular weight is 256 g/mol. The molecule has 1 aliphatic rings. The second-order valence-electron chi connectivity index (χ2n) is 4.87. The summed E-state index contributed by atoms with van der Waals surface area (Å²) in [6.45, 7) is 1.98. The molecule has 1 aromatic heterocycles. The van der Waals surface area contributed by atoms with Gasteiger partial charge in [0.25, 0.3) is 0 Å². The lowest BCUT2D eigenvalue weighted by molar-refractivity contribution is 0.259. The van der Waals surface area contributed by atoms with Gasteiger partial charge in [0, 0.05) is 11.5 Å². The molecule has 5 heteroatoms. The number of carbonyl (C=O) groups is 1. The molecule has 5 nitrogen and oxygen atoms in total. The molecule has 1 aromatic carbocycles. The number of benzene rings is 1. The molecule has 1 saturated carbocycles. The minimum atomic E-state index is -0.567. The van der Waals surface area contributed by atoms with Crippen molar-refractivity contribution in [1.82, 2.24) is 9.78 Å².